The van der Waals surface area contributed by atoms with Crippen LogP contribution in [-0.4, -0.2) is 12.0 Å². The summed E-state index contributed by atoms with van der Waals surface area (Å²) in [4.78, 5) is 0. The van der Waals surface area contributed by atoms with Gasteiger partial charge >= 0.3 is 0 Å². The molecule has 0 amide bonds. The Morgan fingerprint density at radius 2 is 2.12 bits per heavy atom. The smallest absolute Gasteiger partial charge is 0.00611 e. The van der Waals surface area contributed by atoms with E-state index in [0.717, 1.165) is 0 Å². The molecule has 2 rings (SSSR count). The van der Waals surface area contributed by atoms with E-state index in [-0.39, 0.29) is 0 Å². The first-order valence-corrected chi connectivity index (χ1v) is 7.60. The average Bonchev–Trinajstić information content (AvgIpc) is 2.35. The first-order valence-electron chi connectivity index (χ1n) is 6.21. The molecule has 0 aliphatic heterocycles. The second-order valence-electron chi connectivity index (χ2n) is 4.69. The van der Waals surface area contributed by atoms with Crippen molar-refractivity contribution in [3.05, 3.63) is 53.1 Å². The first kappa shape index (κ1) is 12.5. The lowest BCUT2D eigenvalue weighted by Crippen LogP contribution is -2.03. The van der Waals surface area contributed by atoms with E-state index in [1.807, 2.05) is 11.8 Å². The summed E-state index contributed by atoms with van der Waals surface area (Å²) < 4.78 is 0. The Hall–Kier alpha value is -0.950. The third kappa shape index (κ3) is 2.84. The number of hydrogen-bond donors (Lipinski definition) is 0. The van der Waals surface area contributed by atoms with E-state index in [2.05, 4.69) is 50.1 Å². The third-order valence-corrected chi connectivity index (χ3v) is 4.16. The molecule has 0 N–H and O–H groups in total. The van der Waals surface area contributed by atoms with Gasteiger partial charge in [0.05, 0.1) is 0 Å². The molecule has 1 aliphatic rings. The molecule has 1 atom stereocenters. The topological polar surface area (TPSA) is 0 Å². The highest BCUT2D eigenvalue weighted by atomic mass is 32.2. The fraction of sp³-hybridized carbons (Fsp3) is 0.375. The van der Waals surface area contributed by atoms with Crippen LogP contribution < -0.4 is 0 Å². The van der Waals surface area contributed by atoms with E-state index in [4.69, 9.17) is 0 Å². The second kappa shape index (κ2) is 5.59. The maximum Gasteiger partial charge on any atom is 0.00611 e. The monoisotopic (exact) mass is 244 g/mol. The fourth-order valence-electron chi connectivity index (χ4n) is 2.27. The van der Waals surface area contributed by atoms with Crippen LogP contribution in [0.3, 0.4) is 0 Å². The highest BCUT2D eigenvalue weighted by molar-refractivity contribution is 7.98. The molecule has 0 radical (unpaired) electrons. The van der Waals surface area contributed by atoms with Crippen LogP contribution in [0.15, 0.2) is 36.4 Å². The zero-order valence-electron chi connectivity index (χ0n) is 10.7. The Morgan fingerprint density at radius 3 is 2.88 bits per heavy atom. The summed E-state index contributed by atoms with van der Waals surface area (Å²) in [5, 5.41) is 0. The van der Waals surface area contributed by atoms with Gasteiger partial charge in [-0.2, -0.15) is 11.8 Å². The van der Waals surface area contributed by atoms with Crippen LogP contribution in [0.4, 0.5) is 0 Å². The van der Waals surface area contributed by atoms with Crippen molar-refractivity contribution in [2.75, 3.05) is 12.0 Å². The Kier molecular flexibility index (Phi) is 4.11. The van der Waals surface area contributed by atoms with Crippen LogP contribution >= 0.6 is 11.8 Å². The van der Waals surface area contributed by atoms with E-state index in [9.17, 15) is 0 Å². The Bertz CT molecular complexity index is 443. The minimum Gasteiger partial charge on any atom is -0.165 e. The van der Waals surface area contributed by atoms with E-state index in [1.165, 1.54) is 40.9 Å². The number of thioether (sulfide) groups is 1. The summed E-state index contributed by atoms with van der Waals surface area (Å²) in [5.41, 5.74) is 5.49. The molecule has 0 spiro atoms. The van der Waals surface area contributed by atoms with Gasteiger partial charge in [0, 0.05) is 5.92 Å². The maximum absolute atomic E-state index is 4.11. The van der Waals surface area contributed by atoms with Crippen molar-refractivity contribution in [2.24, 2.45) is 0 Å². The molecular weight excluding hydrogens is 224 g/mol. The quantitative estimate of drug-likeness (QED) is 0.694. The van der Waals surface area contributed by atoms with Gasteiger partial charge in [-0.1, -0.05) is 43.9 Å². The summed E-state index contributed by atoms with van der Waals surface area (Å²) in [5.74, 6) is 1.72. The van der Waals surface area contributed by atoms with Gasteiger partial charge in [-0.25, -0.2) is 0 Å². The van der Waals surface area contributed by atoms with E-state index < -0.39 is 0 Å². The number of allylic oxidation sites excluding steroid dienone is 2. The predicted molar refractivity (Wildman–Crippen MR) is 79.7 cm³/mol. The van der Waals surface area contributed by atoms with Crippen molar-refractivity contribution < 1.29 is 0 Å². The number of hydrogen-bond acceptors (Lipinski definition) is 1. The van der Waals surface area contributed by atoms with Gasteiger partial charge in [0.2, 0.25) is 0 Å². The van der Waals surface area contributed by atoms with Crippen LogP contribution in [0.5, 0.6) is 0 Å². The highest BCUT2D eigenvalue weighted by Gasteiger charge is 2.15. The lowest BCUT2D eigenvalue weighted by atomic mass is 9.84. The van der Waals surface area contributed by atoms with Crippen LogP contribution in [0.1, 0.15) is 36.0 Å². The van der Waals surface area contributed by atoms with Crippen molar-refractivity contribution in [1.82, 2.24) is 0 Å². The van der Waals surface area contributed by atoms with Crippen molar-refractivity contribution in [1.29, 1.82) is 0 Å². The summed E-state index contributed by atoms with van der Waals surface area (Å²) in [6, 6.07) is 6.89. The maximum atomic E-state index is 4.11. The van der Waals surface area contributed by atoms with Gasteiger partial charge in [0.15, 0.2) is 0 Å². The van der Waals surface area contributed by atoms with Crippen molar-refractivity contribution in [3.63, 3.8) is 0 Å². The molecule has 0 saturated heterocycles. The molecular formula is C16H20S. The second-order valence-corrected chi connectivity index (χ2v) is 5.68. The fourth-order valence-corrected chi connectivity index (χ4v) is 2.70. The molecule has 0 heterocycles. The average molecular weight is 244 g/mol. The minimum atomic E-state index is 0.468. The van der Waals surface area contributed by atoms with Crippen molar-refractivity contribution in [3.8, 4) is 0 Å². The Morgan fingerprint density at radius 1 is 1.29 bits per heavy atom. The van der Waals surface area contributed by atoms with Gasteiger partial charge < -0.3 is 0 Å². The van der Waals surface area contributed by atoms with Crippen LogP contribution in [-0.2, 0) is 6.42 Å². The predicted octanol–water partition coefficient (Wildman–Crippen LogP) is 4.67. The Balaban J connectivity index is 2.18. The number of fused-ring (bicyclic) bond motifs is 1. The van der Waals surface area contributed by atoms with E-state index >= 15 is 0 Å². The molecule has 0 aromatic heterocycles. The van der Waals surface area contributed by atoms with Gasteiger partial charge in [-0.3, -0.25) is 0 Å². The molecule has 1 aliphatic carbocycles. The molecule has 17 heavy (non-hydrogen) atoms. The van der Waals surface area contributed by atoms with Gasteiger partial charge in [-0.15, -0.1) is 0 Å². The van der Waals surface area contributed by atoms with E-state index in [1.54, 1.807) is 0 Å². The van der Waals surface area contributed by atoms with Crippen LogP contribution in [0.25, 0.3) is 6.08 Å². The van der Waals surface area contributed by atoms with Gasteiger partial charge in [-0.05, 0) is 47.1 Å². The SMILES string of the molecule is C=C1C=Cc2ccc(CCCSC)cc2C1C. The van der Waals surface area contributed by atoms with E-state index in [0.29, 0.717) is 5.92 Å². The standard InChI is InChI=1S/C16H20S/c1-12-6-8-15-9-7-14(5-4-10-17-3)11-16(15)13(12)2/h6-9,11,13H,1,4-5,10H2,2-3H3. The molecule has 90 valence electrons. The number of aryl methyl sites for hydroxylation is 1. The summed E-state index contributed by atoms with van der Waals surface area (Å²) in [6.45, 7) is 6.36. The molecule has 1 unspecified atom stereocenters. The minimum absolute atomic E-state index is 0.468. The molecule has 0 nitrogen and oxygen atoms in total. The summed E-state index contributed by atoms with van der Waals surface area (Å²) in [6.07, 6.45) is 8.95. The highest BCUT2D eigenvalue weighted by Crippen LogP contribution is 2.33. The zero-order chi connectivity index (χ0) is 12.3. The van der Waals surface area contributed by atoms with Crippen LogP contribution in [0.2, 0.25) is 0 Å². The summed E-state index contributed by atoms with van der Waals surface area (Å²) in [7, 11) is 0. The number of benzene rings is 1. The molecule has 0 saturated carbocycles. The third-order valence-electron chi connectivity index (χ3n) is 3.46. The van der Waals surface area contributed by atoms with Crippen LogP contribution in [0, 0.1) is 0 Å². The molecule has 1 aromatic carbocycles. The lowest BCUT2D eigenvalue weighted by molar-refractivity contribution is 0.891. The molecule has 1 heteroatoms. The largest absolute Gasteiger partial charge is 0.165 e. The normalized spacial score (nSPS) is 18.2. The number of rotatable bonds is 4. The van der Waals surface area contributed by atoms with Crippen molar-refractivity contribution in [2.45, 2.75) is 25.7 Å². The van der Waals surface area contributed by atoms with Gasteiger partial charge in [0.1, 0.15) is 0 Å². The van der Waals surface area contributed by atoms with Gasteiger partial charge in [0.25, 0.3) is 0 Å². The molecule has 0 fully saturated rings. The molecule has 0 bridgehead atoms. The zero-order valence-corrected chi connectivity index (χ0v) is 11.5. The lowest BCUT2D eigenvalue weighted by Gasteiger charge is -2.21. The first-order chi connectivity index (χ1) is 8.22. The Labute approximate surface area is 109 Å². The van der Waals surface area contributed by atoms with Crippen molar-refractivity contribution >= 4 is 17.8 Å². The summed E-state index contributed by atoms with van der Waals surface area (Å²) >= 11 is 1.93. The molecule has 1 aromatic rings.